The minimum Gasteiger partial charge on any atom is -0.481 e. The first-order chi connectivity index (χ1) is 25.5. The lowest BCUT2D eigenvalue weighted by Crippen LogP contribution is -2.55. The second-order valence-electron chi connectivity index (χ2n) is 12.4. The summed E-state index contributed by atoms with van der Waals surface area (Å²) < 4.78 is 57.7. The molecule has 0 spiro atoms. The van der Waals surface area contributed by atoms with Crippen LogP contribution in [0.25, 0.3) is 6.08 Å². The molecule has 0 radical (unpaired) electrons. The SMILES string of the molecule is CC(SC1COC(/C=C/C=C/c2ccc(C#N)cc2F)OC1)[C@@](Cn1cncn1)(c1ccc(F)cc1F)[C@H](CN1C(=O)c2ccccc2C1=O)C(=O)O. The van der Waals surface area contributed by atoms with E-state index in [0.717, 1.165) is 17.0 Å². The largest absolute Gasteiger partial charge is 0.481 e. The Morgan fingerprint density at radius 1 is 1.06 bits per heavy atom. The number of imide groups is 1. The fourth-order valence-electron chi connectivity index (χ4n) is 6.66. The standard InChI is InChI=1S/C38H32F3N5O6S/c1-23(53-27-18-51-34(52-19-27)9-5-2-6-25-11-10-24(16-42)14-32(25)40)38(20-45-22-43-21-44-45,30-13-12-26(39)15-33(30)41)31(37(49)50)17-46-35(47)28-7-3-4-8-29(28)36(46)48/h2-15,21-23,27,31,34H,17-20H2,1H3,(H,49,50)/b6-2+,9-5+/t23?,27?,31-,34?,38+/m1/s1. The fraction of sp³-hybridized carbons (Fsp3) is 0.263. The van der Waals surface area contributed by atoms with E-state index in [9.17, 15) is 28.3 Å². The first-order valence-electron chi connectivity index (χ1n) is 16.4. The van der Waals surface area contributed by atoms with Gasteiger partial charge in [0, 0.05) is 28.8 Å². The van der Waals surface area contributed by atoms with Gasteiger partial charge in [-0.05, 0) is 42.0 Å². The average molecular weight is 744 g/mol. The van der Waals surface area contributed by atoms with Crippen molar-refractivity contribution in [1.29, 1.82) is 5.26 Å². The number of hydrogen-bond donors (Lipinski definition) is 1. The van der Waals surface area contributed by atoms with E-state index in [2.05, 4.69) is 10.1 Å². The van der Waals surface area contributed by atoms with Crippen molar-refractivity contribution in [3.8, 4) is 6.07 Å². The number of aliphatic carboxylic acids is 1. The Morgan fingerprint density at radius 2 is 1.77 bits per heavy atom. The zero-order valence-electron chi connectivity index (χ0n) is 28.1. The number of amides is 2. The summed E-state index contributed by atoms with van der Waals surface area (Å²) in [5.41, 5.74) is -1.17. The van der Waals surface area contributed by atoms with Crippen molar-refractivity contribution >= 4 is 35.6 Å². The number of rotatable bonds is 13. The lowest BCUT2D eigenvalue weighted by atomic mass is 9.67. The number of halogens is 3. The molecule has 3 atom stereocenters. The van der Waals surface area contributed by atoms with E-state index in [-0.39, 0.29) is 42.0 Å². The first kappa shape index (κ1) is 37.2. The van der Waals surface area contributed by atoms with Gasteiger partial charge in [-0.15, -0.1) is 11.8 Å². The molecule has 3 heterocycles. The topological polar surface area (TPSA) is 148 Å². The molecule has 0 saturated carbocycles. The highest BCUT2D eigenvalue weighted by Gasteiger charge is 2.54. The monoisotopic (exact) mass is 743 g/mol. The van der Waals surface area contributed by atoms with Gasteiger partial charge in [-0.1, -0.05) is 49.4 Å². The number of ether oxygens (including phenoxy) is 2. The van der Waals surface area contributed by atoms with Crippen molar-refractivity contribution in [1.82, 2.24) is 19.7 Å². The second kappa shape index (κ2) is 16.0. The Bertz CT molecular complexity index is 2080. The maximum Gasteiger partial charge on any atom is 0.309 e. The van der Waals surface area contributed by atoms with Gasteiger partial charge in [-0.2, -0.15) is 10.4 Å². The molecular weight excluding hydrogens is 712 g/mol. The number of thioether (sulfide) groups is 1. The number of carboxylic acid groups (broad SMARTS) is 1. The van der Waals surface area contributed by atoms with Crippen LogP contribution in [0.1, 0.15) is 44.3 Å². The molecule has 1 fully saturated rings. The second-order valence-corrected chi connectivity index (χ2v) is 14.1. The number of carbonyl (C=O) groups is 3. The summed E-state index contributed by atoms with van der Waals surface area (Å²) >= 11 is 1.26. The molecule has 1 aromatic heterocycles. The highest BCUT2D eigenvalue weighted by Crippen LogP contribution is 2.47. The van der Waals surface area contributed by atoms with Gasteiger partial charge in [-0.25, -0.2) is 18.2 Å². The summed E-state index contributed by atoms with van der Waals surface area (Å²) in [6.45, 7) is 1.08. The molecule has 272 valence electrons. The van der Waals surface area contributed by atoms with Crippen LogP contribution in [0.15, 0.2) is 91.5 Å². The van der Waals surface area contributed by atoms with Crippen LogP contribution in [0.2, 0.25) is 0 Å². The fourth-order valence-corrected chi connectivity index (χ4v) is 8.16. The van der Waals surface area contributed by atoms with Gasteiger partial charge in [-0.3, -0.25) is 24.0 Å². The van der Waals surface area contributed by atoms with Gasteiger partial charge in [0.2, 0.25) is 0 Å². The Morgan fingerprint density at radius 3 is 2.38 bits per heavy atom. The number of fused-ring (bicyclic) bond motifs is 1. The van der Waals surface area contributed by atoms with Crippen LogP contribution in [-0.2, 0) is 26.2 Å². The van der Waals surface area contributed by atoms with E-state index < -0.39 is 69.9 Å². The van der Waals surface area contributed by atoms with Gasteiger partial charge in [0.1, 0.15) is 30.1 Å². The number of hydrogen-bond acceptors (Lipinski definition) is 9. The first-order valence-corrected chi connectivity index (χ1v) is 17.3. The summed E-state index contributed by atoms with van der Waals surface area (Å²) in [7, 11) is 0. The number of carboxylic acids is 1. The molecule has 1 saturated heterocycles. The van der Waals surface area contributed by atoms with E-state index in [4.69, 9.17) is 14.7 Å². The summed E-state index contributed by atoms with van der Waals surface area (Å²) in [4.78, 5) is 45.2. The summed E-state index contributed by atoms with van der Waals surface area (Å²) in [6, 6.07) is 15.0. The number of carbonyl (C=O) groups excluding carboxylic acids is 2. The Balaban J connectivity index is 1.27. The van der Waals surface area contributed by atoms with Crippen LogP contribution in [0.4, 0.5) is 13.2 Å². The molecule has 0 bridgehead atoms. The number of aromatic nitrogens is 3. The lowest BCUT2D eigenvalue weighted by Gasteiger charge is -2.45. The zero-order chi connectivity index (χ0) is 37.7. The number of allylic oxidation sites excluding steroid dienone is 2. The predicted molar refractivity (Wildman–Crippen MR) is 187 cm³/mol. The summed E-state index contributed by atoms with van der Waals surface area (Å²) in [5, 5.41) is 22.8. The van der Waals surface area contributed by atoms with Crippen LogP contribution >= 0.6 is 11.8 Å². The van der Waals surface area contributed by atoms with E-state index in [1.54, 1.807) is 37.3 Å². The number of benzene rings is 3. The third kappa shape index (κ3) is 7.80. The smallest absolute Gasteiger partial charge is 0.309 e. The Kier molecular flexibility index (Phi) is 11.2. The Labute approximate surface area is 306 Å². The van der Waals surface area contributed by atoms with Crippen LogP contribution in [0.5, 0.6) is 0 Å². The van der Waals surface area contributed by atoms with E-state index in [0.29, 0.717) is 11.6 Å². The van der Waals surface area contributed by atoms with Gasteiger partial charge < -0.3 is 14.6 Å². The number of nitrogens with zero attached hydrogens (tertiary/aromatic N) is 5. The molecule has 1 unspecified atom stereocenters. The van der Waals surface area contributed by atoms with Crippen LogP contribution < -0.4 is 0 Å². The molecule has 2 aliphatic heterocycles. The molecule has 53 heavy (non-hydrogen) atoms. The molecule has 3 aromatic carbocycles. The van der Waals surface area contributed by atoms with Crippen molar-refractivity contribution in [2.75, 3.05) is 19.8 Å². The highest BCUT2D eigenvalue weighted by atomic mass is 32.2. The third-order valence-corrected chi connectivity index (χ3v) is 10.8. The van der Waals surface area contributed by atoms with Crippen molar-refractivity contribution < 1.29 is 42.1 Å². The molecular formula is C38H32F3N5O6S. The molecule has 4 aromatic rings. The zero-order valence-corrected chi connectivity index (χ0v) is 29.0. The Hall–Kier alpha value is -5.56. The van der Waals surface area contributed by atoms with Crippen LogP contribution in [0.3, 0.4) is 0 Å². The van der Waals surface area contributed by atoms with E-state index >= 15 is 4.39 Å². The van der Waals surface area contributed by atoms with Gasteiger partial charge in [0.05, 0.1) is 53.7 Å². The lowest BCUT2D eigenvalue weighted by molar-refractivity contribution is -0.146. The third-order valence-electron chi connectivity index (χ3n) is 9.29. The van der Waals surface area contributed by atoms with Crippen molar-refractivity contribution in [3.05, 3.63) is 137 Å². The maximum absolute atomic E-state index is 16.1. The molecule has 0 aliphatic carbocycles. The normalized spacial score (nSPS) is 19.6. The maximum atomic E-state index is 16.1. The molecule has 1 N–H and O–H groups in total. The number of nitriles is 1. The molecule has 2 aliphatic rings. The molecule has 15 heteroatoms. The molecule has 2 amide bonds. The van der Waals surface area contributed by atoms with E-state index in [1.165, 1.54) is 65.5 Å². The minimum absolute atomic E-state index is 0.121. The van der Waals surface area contributed by atoms with Gasteiger partial charge in [0.25, 0.3) is 11.8 Å². The molecule has 6 rings (SSSR count). The predicted octanol–water partition coefficient (Wildman–Crippen LogP) is 5.63. The summed E-state index contributed by atoms with van der Waals surface area (Å²) in [6.07, 6.45) is 8.17. The average Bonchev–Trinajstić information content (AvgIpc) is 3.74. The molecule has 11 nitrogen and oxygen atoms in total. The van der Waals surface area contributed by atoms with E-state index in [1.807, 2.05) is 6.07 Å². The van der Waals surface area contributed by atoms with Crippen molar-refractivity contribution in [2.45, 2.75) is 35.7 Å². The highest BCUT2D eigenvalue weighted by molar-refractivity contribution is 8.00. The van der Waals surface area contributed by atoms with Crippen LogP contribution in [-0.4, -0.2) is 79.1 Å². The minimum atomic E-state index is -1.76. The van der Waals surface area contributed by atoms with Crippen LogP contribution in [0, 0.1) is 34.7 Å². The van der Waals surface area contributed by atoms with Crippen molar-refractivity contribution in [3.63, 3.8) is 0 Å². The van der Waals surface area contributed by atoms with Gasteiger partial charge in [0.15, 0.2) is 6.29 Å². The van der Waals surface area contributed by atoms with Gasteiger partial charge >= 0.3 is 5.97 Å². The van der Waals surface area contributed by atoms with Crippen molar-refractivity contribution in [2.24, 2.45) is 5.92 Å². The summed E-state index contributed by atoms with van der Waals surface area (Å²) in [5.74, 6) is -6.84. The quantitative estimate of drug-likeness (QED) is 0.135.